The summed E-state index contributed by atoms with van der Waals surface area (Å²) in [6, 6.07) is 7.32. The zero-order chi connectivity index (χ0) is 17.3. The molecule has 0 aliphatic carbocycles. The van der Waals surface area contributed by atoms with Gasteiger partial charge in [-0.3, -0.25) is 9.59 Å². The average molecular weight is 365 g/mol. The molecule has 2 aromatic rings. The van der Waals surface area contributed by atoms with E-state index in [1.165, 1.54) is 11.3 Å². The van der Waals surface area contributed by atoms with Gasteiger partial charge in [-0.25, -0.2) is 4.98 Å². The lowest BCUT2D eigenvalue weighted by Crippen LogP contribution is -2.45. The zero-order valence-electron chi connectivity index (χ0n) is 13.1. The number of nitrogens with zero attached hydrogens (tertiary/aromatic N) is 2. The number of amides is 1. The topological polar surface area (TPSA) is 70.5 Å². The molecule has 1 saturated heterocycles. The van der Waals surface area contributed by atoms with Crippen molar-refractivity contribution in [1.29, 1.82) is 0 Å². The van der Waals surface area contributed by atoms with Gasteiger partial charge >= 0.3 is 5.97 Å². The number of halogens is 1. The van der Waals surface area contributed by atoms with E-state index in [1.54, 1.807) is 22.4 Å². The highest BCUT2D eigenvalue weighted by Crippen LogP contribution is 2.28. The van der Waals surface area contributed by atoms with Gasteiger partial charge in [0.25, 0.3) is 5.91 Å². The van der Waals surface area contributed by atoms with E-state index in [1.807, 2.05) is 19.1 Å². The monoisotopic (exact) mass is 364 g/mol. The third-order valence-corrected chi connectivity index (χ3v) is 5.22. The number of hydrogen-bond acceptors (Lipinski definition) is 4. The van der Waals surface area contributed by atoms with Crippen LogP contribution in [-0.4, -0.2) is 40.0 Å². The number of carbonyl (C=O) groups is 2. The van der Waals surface area contributed by atoms with Crippen LogP contribution in [0.4, 0.5) is 0 Å². The molecule has 2 atom stereocenters. The van der Waals surface area contributed by atoms with Gasteiger partial charge in [0, 0.05) is 29.1 Å². The molecule has 0 bridgehead atoms. The smallest absolute Gasteiger partial charge is 0.308 e. The van der Waals surface area contributed by atoms with E-state index in [4.69, 9.17) is 11.6 Å². The number of thiazole rings is 1. The van der Waals surface area contributed by atoms with E-state index in [2.05, 4.69) is 4.98 Å². The molecular formula is C17H17ClN2O3S. The van der Waals surface area contributed by atoms with Crippen molar-refractivity contribution in [2.45, 2.75) is 13.3 Å². The van der Waals surface area contributed by atoms with Gasteiger partial charge < -0.3 is 10.0 Å². The van der Waals surface area contributed by atoms with Crippen LogP contribution in [0, 0.1) is 11.8 Å². The van der Waals surface area contributed by atoms with Crippen molar-refractivity contribution in [2.75, 3.05) is 13.1 Å². The molecular weight excluding hydrogens is 348 g/mol. The maximum atomic E-state index is 12.7. The van der Waals surface area contributed by atoms with Crippen molar-refractivity contribution in [3.8, 4) is 10.6 Å². The van der Waals surface area contributed by atoms with Gasteiger partial charge in [0.15, 0.2) is 0 Å². The van der Waals surface area contributed by atoms with Gasteiger partial charge in [0.05, 0.1) is 5.92 Å². The summed E-state index contributed by atoms with van der Waals surface area (Å²) in [5.74, 6) is -1.41. The van der Waals surface area contributed by atoms with Crippen LogP contribution in [0.3, 0.4) is 0 Å². The molecule has 0 spiro atoms. The van der Waals surface area contributed by atoms with Crippen LogP contribution in [0.1, 0.15) is 23.8 Å². The van der Waals surface area contributed by atoms with Crippen LogP contribution >= 0.6 is 22.9 Å². The lowest BCUT2D eigenvalue weighted by Gasteiger charge is -2.34. The van der Waals surface area contributed by atoms with Crippen molar-refractivity contribution >= 4 is 34.8 Å². The molecule has 2 unspecified atom stereocenters. The Morgan fingerprint density at radius 1 is 1.38 bits per heavy atom. The number of piperidine rings is 1. The summed E-state index contributed by atoms with van der Waals surface area (Å²) in [4.78, 5) is 30.0. The lowest BCUT2D eigenvalue weighted by atomic mass is 9.90. The predicted molar refractivity (Wildman–Crippen MR) is 93.4 cm³/mol. The van der Waals surface area contributed by atoms with Gasteiger partial charge in [0.2, 0.25) is 0 Å². The number of likely N-dealkylation sites (tertiary alicyclic amines) is 1. The van der Waals surface area contributed by atoms with E-state index < -0.39 is 11.9 Å². The SMILES string of the molecule is CC1CC(C(=O)O)CN(C(=O)c2csc(-c3cccc(Cl)c3)n2)C1. The number of aliphatic carboxylic acids is 1. The first-order valence-corrected chi connectivity index (χ1v) is 8.93. The summed E-state index contributed by atoms with van der Waals surface area (Å²) in [6.07, 6.45) is 0.601. The fraction of sp³-hybridized carbons (Fsp3) is 0.353. The predicted octanol–water partition coefficient (Wildman–Crippen LogP) is 3.65. The van der Waals surface area contributed by atoms with Crippen LogP contribution in [0.15, 0.2) is 29.6 Å². The molecule has 1 aliphatic heterocycles. The Morgan fingerprint density at radius 2 is 2.17 bits per heavy atom. The zero-order valence-corrected chi connectivity index (χ0v) is 14.7. The number of carboxylic acids is 1. The summed E-state index contributed by atoms with van der Waals surface area (Å²) in [5, 5.41) is 12.3. The largest absolute Gasteiger partial charge is 0.481 e. The van der Waals surface area contributed by atoms with E-state index in [-0.39, 0.29) is 18.4 Å². The Bertz CT molecular complexity index is 777. The fourth-order valence-electron chi connectivity index (χ4n) is 2.98. The minimum absolute atomic E-state index is 0.162. The molecule has 1 N–H and O–H groups in total. The normalized spacial score (nSPS) is 20.8. The fourth-order valence-corrected chi connectivity index (χ4v) is 3.97. The number of benzene rings is 1. The Hall–Kier alpha value is -1.92. The van der Waals surface area contributed by atoms with Crippen molar-refractivity contribution in [3.05, 3.63) is 40.4 Å². The van der Waals surface area contributed by atoms with Crippen molar-refractivity contribution in [3.63, 3.8) is 0 Å². The molecule has 1 aliphatic rings. The number of carboxylic acid groups (broad SMARTS) is 1. The summed E-state index contributed by atoms with van der Waals surface area (Å²) < 4.78 is 0. The summed E-state index contributed by atoms with van der Waals surface area (Å²) >= 11 is 7.37. The number of rotatable bonds is 3. The molecule has 7 heteroatoms. The van der Waals surface area contributed by atoms with Gasteiger partial charge in [-0.05, 0) is 24.5 Å². The number of aromatic nitrogens is 1. The number of hydrogen-bond donors (Lipinski definition) is 1. The summed E-state index contributed by atoms with van der Waals surface area (Å²) in [5.41, 5.74) is 1.22. The third-order valence-electron chi connectivity index (χ3n) is 4.09. The molecule has 0 saturated carbocycles. The minimum Gasteiger partial charge on any atom is -0.481 e. The second-order valence-electron chi connectivity index (χ2n) is 6.13. The standard InChI is InChI=1S/C17H17ClN2O3S/c1-10-5-12(17(22)23)8-20(7-10)16(21)14-9-24-15(19-14)11-3-2-4-13(18)6-11/h2-4,6,9-10,12H,5,7-8H2,1H3,(H,22,23). The maximum Gasteiger partial charge on any atom is 0.308 e. The quantitative estimate of drug-likeness (QED) is 0.902. The second-order valence-corrected chi connectivity index (χ2v) is 7.43. The van der Waals surface area contributed by atoms with Crippen LogP contribution in [-0.2, 0) is 4.79 Å². The molecule has 5 nitrogen and oxygen atoms in total. The first-order chi connectivity index (χ1) is 11.4. The molecule has 1 aromatic heterocycles. The molecule has 2 heterocycles. The highest BCUT2D eigenvalue weighted by atomic mass is 35.5. The van der Waals surface area contributed by atoms with Crippen LogP contribution in [0.25, 0.3) is 10.6 Å². The van der Waals surface area contributed by atoms with Crippen LogP contribution < -0.4 is 0 Å². The molecule has 126 valence electrons. The molecule has 3 rings (SSSR count). The highest BCUT2D eigenvalue weighted by Gasteiger charge is 2.33. The molecule has 1 fully saturated rings. The Labute approximate surface area is 148 Å². The second kappa shape index (κ2) is 6.91. The van der Waals surface area contributed by atoms with Crippen LogP contribution in [0.2, 0.25) is 5.02 Å². The Kier molecular flexibility index (Phi) is 4.87. The van der Waals surface area contributed by atoms with Gasteiger partial charge in [-0.2, -0.15) is 0 Å². The molecule has 1 amide bonds. The summed E-state index contributed by atoms with van der Waals surface area (Å²) in [7, 11) is 0. The van der Waals surface area contributed by atoms with E-state index >= 15 is 0 Å². The maximum absolute atomic E-state index is 12.7. The minimum atomic E-state index is -0.850. The Morgan fingerprint density at radius 3 is 2.88 bits per heavy atom. The summed E-state index contributed by atoms with van der Waals surface area (Å²) in [6.45, 7) is 2.77. The lowest BCUT2D eigenvalue weighted by molar-refractivity contribution is -0.143. The first kappa shape index (κ1) is 16.9. The van der Waals surface area contributed by atoms with E-state index in [0.29, 0.717) is 23.7 Å². The van der Waals surface area contributed by atoms with Crippen molar-refractivity contribution < 1.29 is 14.7 Å². The van der Waals surface area contributed by atoms with E-state index in [9.17, 15) is 14.7 Å². The number of carbonyl (C=O) groups excluding carboxylic acids is 1. The van der Waals surface area contributed by atoms with Gasteiger partial charge in [-0.1, -0.05) is 30.7 Å². The Balaban J connectivity index is 1.79. The molecule has 0 radical (unpaired) electrons. The highest BCUT2D eigenvalue weighted by molar-refractivity contribution is 7.13. The molecule has 1 aromatic carbocycles. The van der Waals surface area contributed by atoms with E-state index in [0.717, 1.165) is 10.6 Å². The van der Waals surface area contributed by atoms with Crippen molar-refractivity contribution in [2.24, 2.45) is 11.8 Å². The van der Waals surface area contributed by atoms with Gasteiger partial charge in [0.1, 0.15) is 10.7 Å². The van der Waals surface area contributed by atoms with Gasteiger partial charge in [-0.15, -0.1) is 11.3 Å². The van der Waals surface area contributed by atoms with Crippen LogP contribution in [0.5, 0.6) is 0 Å². The van der Waals surface area contributed by atoms with Crippen molar-refractivity contribution in [1.82, 2.24) is 9.88 Å². The first-order valence-electron chi connectivity index (χ1n) is 7.67. The average Bonchev–Trinajstić information content (AvgIpc) is 3.03. The third kappa shape index (κ3) is 3.60. The molecule has 24 heavy (non-hydrogen) atoms.